The number of aryl methyl sites for hydroxylation is 1. The van der Waals surface area contributed by atoms with E-state index in [0.29, 0.717) is 11.1 Å². The van der Waals surface area contributed by atoms with Crippen LogP contribution < -0.4 is 5.43 Å². The van der Waals surface area contributed by atoms with E-state index in [0.717, 1.165) is 40.5 Å². The van der Waals surface area contributed by atoms with Crippen molar-refractivity contribution < 1.29 is 4.79 Å². The molecule has 0 saturated heterocycles. The molecule has 0 atom stereocenters. The van der Waals surface area contributed by atoms with Crippen LogP contribution in [0.25, 0.3) is 11.4 Å². The minimum atomic E-state index is -0.176. The van der Waals surface area contributed by atoms with Crippen LogP contribution in [0.3, 0.4) is 0 Å². The fraction of sp³-hybridized carbons (Fsp3) is 0.333. The van der Waals surface area contributed by atoms with Crippen LogP contribution in [0, 0.1) is 6.92 Å². The van der Waals surface area contributed by atoms with E-state index in [1.54, 1.807) is 6.21 Å². The molecule has 32 heavy (non-hydrogen) atoms. The fourth-order valence-corrected chi connectivity index (χ4v) is 4.86. The van der Waals surface area contributed by atoms with Gasteiger partial charge in [-0.1, -0.05) is 72.5 Å². The number of aromatic nitrogens is 3. The topological polar surface area (TPSA) is 72.2 Å². The molecule has 0 spiro atoms. The second-order valence-corrected chi connectivity index (χ2v) is 9.35. The number of halogens is 1. The van der Waals surface area contributed by atoms with Gasteiger partial charge in [0.2, 0.25) is 0 Å². The van der Waals surface area contributed by atoms with E-state index in [4.69, 9.17) is 11.6 Å². The summed E-state index contributed by atoms with van der Waals surface area (Å²) in [5.74, 6) is 0.871. The van der Waals surface area contributed by atoms with Crippen LogP contribution in [0.1, 0.15) is 49.3 Å². The zero-order valence-corrected chi connectivity index (χ0v) is 19.6. The minimum absolute atomic E-state index is 0.176. The van der Waals surface area contributed by atoms with Crippen LogP contribution >= 0.6 is 23.4 Å². The Balaban J connectivity index is 1.45. The molecule has 1 N–H and O–H groups in total. The molecular formula is C24H26ClN5OS. The van der Waals surface area contributed by atoms with Crippen molar-refractivity contribution in [1.29, 1.82) is 0 Å². The highest BCUT2D eigenvalue weighted by Gasteiger charge is 2.24. The van der Waals surface area contributed by atoms with Gasteiger partial charge in [-0.05, 0) is 49.6 Å². The number of carbonyl (C=O) groups is 1. The van der Waals surface area contributed by atoms with Crippen LogP contribution in [0.2, 0.25) is 5.02 Å². The summed E-state index contributed by atoms with van der Waals surface area (Å²) >= 11 is 7.46. The molecule has 0 aliphatic heterocycles. The summed E-state index contributed by atoms with van der Waals surface area (Å²) in [5.41, 5.74) is 5.67. The number of carbonyl (C=O) groups excluding carboxylic acids is 1. The quantitative estimate of drug-likeness (QED) is 0.276. The lowest BCUT2D eigenvalue weighted by atomic mass is 9.95. The van der Waals surface area contributed by atoms with Crippen LogP contribution in [0.5, 0.6) is 0 Å². The maximum absolute atomic E-state index is 12.4. The van der Waals surface area contributed by atoms with Gasteiger partial charge in [0.25, 0.3) is 5.91 Å². The van der Waals surface area contributed by atoms with Crippen LogP contribution in [0.15, 0.2) is 58.8 Å². The van der Waals surface area contributed by atoms with Gasteiger partial charge < -0.3 is 0 Å². The molecule has 1 amide bonds. The summed E-state index contributed by atoms with van der Waals surface area (Å²) in [5, 5.41) is 14.4. The molecule has 6 nitrogen and oxygen atoms in total. The third-order valence-corrected chi connectivity index (χ3v) is 6.68. The molecule has 8 heteroatoms. The van der Waals surface area contributed by atoms with E-state index in [1.165, 1.54) is 31.0 Å². The average molecular weight is 468 g/mol. The standard InChI is InChI=1S/C24H26ClN5OS/c1-17-6-5-7-18(14-17)15-26-27-22(31)16-32-24-29-28-23(19-10-12-20(25)13-11-19)30(24)21-8-3-2-4-9-21/h5-7,10-15,21H,2-4,8-9,16H2,1H3,(H,27,31)/b26-15+. The second-order valence-electron chi connectivity index (χ2n) is 7.97. The molecular weight excluding hydrogens is 442 g/mol. The Kier molecular flexibility index (Phi) is 7.60. The molecule has 0 radical (unpaired) electrons. The van der Waals surface area contributed by atoms with Gasteiger partial charge in [0.05, 0.1) is 12.0 Å². The first kappa shape index (κ1) is 22.6. The van der Waals surface area contributed by atoms with E-state index in [9.17, 15) is 4.79 Å². The first-order chi connectivity index (χ1) is 15.6. The summed E-state index contributed by atoms with van der Waals surface area (Å²) in [7, 11) is 0. The van der Waals surface area contributed by atoms with Gasteiger partial charge >= 0.3 is 0 Å². The molecule has 0 bridgehead atoms. The van der Waals surface area contributed by atoms with Crippen molar-refractivity contribution in [3.8, 4) is 11.4 Å². The maximum atomic E-state index is 12.4. The summed E-state index contributed by atoms with van der Waals surface area (Å²) in [6.45, 7) is 2.02. The third kappa shape index (κ3) is 5.78. The van der Waals surface area contributed by atoms with Crippen molar-refractivity contribution in [1.82, 2.24) is 20.2 Å². The molecule has 2 aromatic carbocycles. The van der Waals surface area contributed by atoms with Crippen molar-refractivity contribution in [3.05, 3.63) is 64.7 Å². The van der Waals surface area contributed by atoms with E-state index >= 15 is 0 Å². The Labute approximate surface area is 197 Å². The number of nitrogens with one attached hydrogen (secondary N) is 1. The molecule has 1 heterocycles. The Hall–Kier alpha value is -2.64. The van der Waals surface area contributed by atoms with Gasteiger partial charge in [-0.15, -0.1) is 10.2 Å². The van der Waals surface area contributed by atoms with Crippen molar-refractivity contribution in [2.45, 2.75) is 50.2 Å². The normalized spacial score (nSPS) is 14.7. The van der Waals surface area contributed by atoms with E-state index in [2.05, 4.69) is 25.3 Å². The largest absolute Gasteiger partial charge is 0.299 e. The highest BCUT2D eigenvalue weighted by atomic mass is 35.5. The Morgan fingerprint density at radius 1 is 1.19 bits per heavy atom. The van der Waals surface area contributed by atoms with Gasteiger partial charge in [-0.25, -0.2) is 5.43 Å². The van der Waals surface area contributed by atoms with Crippen LogP contribution in [-0.2, 0) is 4.79 Å². The highest BCUT2D eigenvalue weighted by Crippen LogP contribution is 2.35. The smallest absolute Gasteiger partial charge is 0.250 e. The number of hydrazone groups is 1. The number of benzene rings is 2. The van der Waals surface area contributed by atoms with Gasteiger partial charge in [0, 0.05) is 16.6 Å². The molecule has 1 aromatic heterocycles. The maximum Gasteiger partial charge on any atom is 0.250 e. The number of hydrogen-bond donors (Lipinski definition) is 1. The van der Waals surface area contributed by atoms with Crippen molar-refractivity contribution >= 4 is 35.5 Å². The SMILES string of the molecule is Cc1cccc(/C=N/NC(=O)CSc2nnc(-c3ccc(Cl)cc3)n2C2CCCCC2)c1. The lowest BCUT2D eigenvalue weighted by Gasteiger charge is -2.25. The summed E-state index contributed by atoms with van der Waals surface area (Å²) in [4.78, 5) is 12.4. The monoisotopic (exact) mass is 467 g/mol. The molecule has 1 fully saturated rings. The van der Waals surface area contributed by atoms with Crippen LogP contribution in [-0.4, -0.2) is 32.6 Å². The van der Waals surface area contributed by atoms with Crippen molar-refractivity contribution in [2.24, 2.45) is 5.10 Å². The Bertz CT molecular complexity index is 1090. The van der Waals surface area contributed by atoms with Gasteiger partial charge in [0.15, 0.2) is 11.0 Å². The summed E-state index contributed by atoms with van der Waals surface area (Å²) < 4.78 is 2.20. The minimum Gasteiger partial charge on any atom is -0.299 e. The average Bonchev–Trinajstić information content (AvgIpc) is 3.23. The van der Waals surface area contributed by atoms with Crippen molar-refractivity contribution in [3.63, 3.8) is 0 Å². The number of amides is 1. The molecule has 1 aliphatic carbocycles. The van der Waals surface area contributed by atoms with Gasteiger partial charge in [-0.2, -0.15) is 5.10 Å². The highest BCUT2D eigenvalue weighted by molar-refractivity contribution is 7.99. The zero-order valence-electron chi connectivity index (χ0n) is 18.0. The second kappa shape index (κ2) is 10.8. The van der Waals surface area contributed by atoms with Gasteiger partial charge in [-0.3, -0.25) is 9.36 Å². The Morgan fingerprint density at radius 2 is 1.97 bits per heavy atom. The predicted octanol–water partition coefficient (Wildman–Crippen LogP) is 5.65. The number of hydrogen-bond acceptors (Lipinski definition) is 5. The molecule has 4 rings (SSSR count). The third-order valence-electron chi connectivity index (χ3n) is 5.48. The molecule has 0 unspecified atom stereocenters. The van der Waals surface area contributed by atoms with Crippen LogP contribution in [0.4, 0.5) is 0 Å². The van der Waals surface area contributed by atoms with Gasteiger partial charge in [0.1, 0.15) is 0 Å². The van der Waals surface area contributed by atoms with E-state index < -0.39 is 0 Å². The summed E-state index contributed by atoms with van der Waals surface area (Å²) in [6, 6.07) is 15.9. The zero-order chi connectivity index (χ0) is 22.3. The lowest BCUT2D eigenvalue weighted by molar-refractivity contribution is -0.118. The van der Waals surface area contributed by atoms with E-state index in [-0.39, 0.29) is 11.7 Å². The van der Waals surface area contributed by atoms with Crippen molar-refractivity contribution in [2.75, 3.05) is 5.75 Å². The first-order valence-corrected chi connectivity index (χ1v) is 12.2. The lowest BCUT2D eigenvalue weighted by Crippen LogP contribution is -2.20. The summed E-state index contributed by atoms with van der Waals surface area (Å²) in [6.07, 6.45) is 7.50. The number of rotatable bonds is 7. The van der Waals surface area contributed by atoms with E-state index in [1.807, 2.05) is 55.5 Å². The molecule has 1 saturated carbocycles. The fourth-order valence-electron chi connectivity index (χ4n) is 3.93. The number of nitrogens with zero attached hydrogens (tertiary/aromatic N) is 4. The predicted molar refractivity (Wildman–Crippen MR) is 130 cm³/mol. The molecule has 1 aliphatic rings. The molecule has 3 aromatic rings. The number of thioether (sulfide) groups is 1. The first-order valence-electron chi connectivity index (χ1n) is 10.8. The Morgan fingerprint density at radius 3 is 2.72 bits per heavy atom. The molecule has 166 valence electrons.